The molecule has 0 spiro atoms. The minimum Gasteiger partial charge on any atom is -0.490 e. The van der Waals surface area contributed by atoms with Crippen LogP contribution < -0.4 is 29.6 Å². The zero-order chi connectivity index (χ0) is 30.3. The van der Waals surface area contributed by atoms with Crippen molar-refractivity contribution in [2.24, 2.45) is 0 Å². The summed E-state index contributed by atoms with van der Waals surface area (Å²) in [5.74, 6) is 0.356. The number of benzene rings is 3. The molecule has 0 aromatic heterocycles. The first-order valence-corrected chi connectivity index (χ1v) is 14.3. The number of nitrogens with one attached hydrogen (secondary N) is 2. The van der Waals surface area contributed by atoms with Gasteiger partial charge in [0, 0.05) is 17.4 Å². The lowest BCUT2D eigenvalue weighted by Crippen LogP contribution is -2.36. The van der Waals surface area contributed by atoms with Gasteiger partial charge in [-0.2, -0.15) is 0 Å². The molecule has 0 atom stereocenters. The maximum Gasteiger partial charge on any atom is 0.294 e. The Morgan fingerprint density at radius 2 is 1.60 bits per heavy atom. The predicted molar refractivity (Wildman–Crippen MR) is 162 cm³/mol. The van der Waals surface area contributed by atoms with Gasteiger partial charge < -0.3 is 29.6 Å². The van der Waals surface area contributed by atoms with Crippen molar-refractivity contribution in [1.82, 2.24) is 4.90 Å². The largest absolute Gasteiger partial charge is 0.490 e. The fourth-order valence-electron chi connectivity index (χ4n) is 4.23. The summed E-state index contributed by atoms with van der Waals surface area (Å²) >= 11 is 0.740. The molecule has 0 bridgehead atoms. The normalized spacial score (nSPS) is 14.9. The molecule has 11 nitrogen and oxygen atoms in total. The third kappa shape index (κ3) is 7.46. The van der Waals surface area contributed by atoms with Gasteiger partial charge in [0.1, 0.15) is 19.8 Å². The zero-order valence-electron chi connectivity index (χ0n) is 23.5. The summed E-state index contributed by atoms with van der Waals surface area (Å²) in [7, 11) is 0. The lowest BCUT2D eigenvalue weighted by molar-refractivity contribution is -0.127. The molecule has 2 heterocycles. The Kier molecular flexibility index (Phi) is 9.16. The number of carbonyl (C=O) groups is 4. The number of carbonyl (C=O) groups excluding carboxylic acids is 4. The monoisotopic (exact) mass is 603 g/mol. The fourth-order valence-corrected chi connectivity index (χ4v) is 5.07. The molecule has 2 aliphatic rings. The van der Waals surface area contributed by atoms with Crippen LogP contribution in [0.1, 0.15) is 18.1 Å². The van der Waals surface area contributed by atoms with Gasteiger partial charge in [-0.05, 0) is 73.6 Å². The summed E-state index contributed by atoms with van der Waals surface area (Å²) in [4.78, 5) is 51.7. The van der Waals surface area contributed by atoms with E-state index < -0.39 is 23.6 Å². The minimum absolute atomic E-state index is 0.158. The summed E-state index contributed by atoms with van der Waals surface area (Å²) in [5, 5.41) is 4.89. The van der Waals surface area contributed by atoms with Crippen molar-refractivity contribution in [3.05, 3.63) is 76.7 Å². The Bertz CT molecular complexity index is 1590. The Hall–Kier alpha value is -4.97. The first-order chi connectivity index (χ1) is 20.8. The Labute approximate surface area is 252 Å². The first kappa shape index (κ1) is 29.5. The summed E-state index contributed by atoms with van der Waals surface area (Å²) < 4.78 is 22.4. The first-order valence-electron chi connectivity index (χ1n) is 13.5. The lowest BCUT2D eigenvalue weighted by atomic mass is 10.2. The van der Waals surface area contributed by atoms with Crippen molar-refractivity contribution in [2.75, 3.05) is 43.6 Å². The summed E-state index contributed by atoms with van der Waals surface area (Å²) in [6.45, 7) is 4.28. The van der Waals surface area contributed by atoms with Gasteiger partial charge in [-0.15, -0.1) is 0 Å². The van der Waals surface area contributed by atoms with E-state index in [0.717, 1.165) is 22.2 Å². The number of thioether (sulfide) groups is 1. The van der Waals surface area contributed by atoms with Crippen molar-refractivity contribution < 1.29 is 38.1 Å². The highest BCUT2D eigenvalue weighted by atomic mass is 32.2. The number of nitrogens with zero attached hydrogens (tertiary/aromatic N) is 1. The van der Waals surface area contributed by atoms with Crippen LogP contribution in [-0.2, 0) is 14.4 Å². The number of imide groups is 1. The Morgan fingerprint density at radius 1 is 0.884 bits per heavy atom. The highest BCUT2D eigenvalue weighted by Gasteiger charge is 2.36. The van der Waals surface area contributed by atoms with Crippen LogP contribution in [0, 0.1) is 6.92 Å². The number of hydrogen-bond donors (Lipinski definition) is 2. The van der Waals surface area contributed by atoms with Crippen LogP contribution in [0.5, 0.6) is 23.0 Å². The van der Waals surface area contributed by atoms with E-state index in [9.17, 15) is 19.2 Å². The van der Waals surface area contributed by atoms with E-state index in [4.69, 9.17) is 18.9 Å². The van der Waals surface area contributed by atoms with E-state index in [0.29, 0.717) is 59.8 Å². The summed E-state index contributed by atoms with van der Waals surface area (Å²) in [6.07, 6.45) is 1.54. The molecule has 222 valence electrons. The number of anilines is 2. The molecule has 0 radical (unpaired) electrons. The molecule has 3 aromatic rings. The standard InChI is InChI=1S/C31H29N3O8S/c1-3-39-25-14-20(6-10-24(25)42-18-29(36)32-21-7-4-19(2)5-8-21)15-27-30(37)34(31(38)43-27)17-28(35)33-22-9-11-23-26(16-22)41-13-12-40-23/h4-11,14-16H,3,12-13,17-18H2,1-2H3,(H,32,36)(H,33,35)/b27-15-. The number of hydrogen-bond acceptors (Lipinski definition) is 9. The van der Waals surface area contributed by atoms with E-state index in [1.165, 1.54) is 0 Å². The van der Waals surface area contributed by atoms with Crippen LogP contribution >= 0.6 is 11.8 Å². The van der Waals surface area contributed by atoms with Gasteiger partial charge in [-0.1, -0.05) is 23.8 Å². The molecule has 3 aromatic carbocycles. The number of aryl methyl sites for hydroxylation is 1. The van der Waals surface area contributed by atoms with Crippen LogP contribution in [-0.4, -0.2) is 60.8 Å². The van der Waals surface area contributed by atoms with Crippen LogP contribution in [0.15, 0.2) is 65.6 Å². The molecule has 1 fully saturated rings. The van der Waals surface area contributed by atoms with Gasteiger partial charge in [0.15, 0.2) is 29.6 Å². The van der Waals surface area contributed by atoms with Gasteiger partial charge in [-0.25, -0.2) is 0 Å². The highest BCUT2D eigenvalue weighted by Crippen LogP contribution is 2.35. The van der Waals surface area contributed by atoms with Crippen LogP contribution in [0.4, 0.5) is 16.2 Å². The zero-order valence-corrected chi connectivity index (χ0v) is 24.3. The van der Waals surface area contributed by atoms with Crippen molar-refractivity contribution >= 4 is 52.2 Å². The van der Waals surface area contributed by atoms with E-state index in [-0.39, 0.29) is 17.4 Å². The third-order valence-corrected chi connectivity index (χ3v) is 7.17. The number of amides is 4. The second kappa shape index (κ2) is 13.3. The molecule has 12 heteroatoms. The molecular formula is C31H29N3O8S. The van der Waals surface area contributed by atoms with Crippen molar-refractivity contribution in [3.8, 4) is 23.0 Å². The van der Waals surface area contributed by atoms with Gasteiger partial charge in [0.25, 0.3) is 17.1 Å². The number of ether oxygens (including phenoxy) is 4. The second-order valence-corrected chi connectivity index (χ2v) is 10.5. The molecule has 5 rings (SSSR count). The maximum atomic E-state index is 13.0. The van der Waals surface area contributed by atoms with Gasteiger partial charge in [0.05, 0.1) is 11.5 Å². The average Bonchev–Trinajstić information content (AvgIpc) is 3.25. The van der Waals surface area contributed by atoms with Crippen LogP contribution in [0.3, 0.4) is 0 Å². The molecule has 1 saturated heterocycles. The van der Waals surface area contributed by atoms with E-state index in [1.807, 2.05) is 38.1 Å². The molecule has 2 aliphatic heterocycles. The Balaban J connectivity index is 1.20. The van der Waals surface area contributed by atoms with Crippen LogP contribution in [0.25, 0.3) is 6.08 Å². The average molecular weight is 604 g/mol. The van der Waals surface area contributed by atoms with Crippen molar-refractivity contribution in [2.45, 2.75) is 13.8 Å². The van der Waals surface area contributed by atoms with Crippen molar-refractivity contribution in [3.63, 3.8) is 0 Å². The molecular weight excluding hydrogens is 574 g/mol. The smallest absolute Gasteiger partial charge is 0.294 e. The van der Waals surface area contributed by atoms with Crippen LogP contribution in [0.2, 0.25) is 0 Å². The van der Waals surface area contributed by atoms with E-state index in [1.54, 1.807) is 42.5 Å². The Morgan fingerprint density at radius 3 is 2.37 bits per heavy atom. The van der Waals surface area contributed by atoms with Gasteiger partial charge in [-0.3, -0.25) is 24.1 Å². The second-order valence-electron chi connectivity index (χ2n) is 9.52. The molecule has 2 N–H and O–H groups in total. The lowest BCUT2D eigenvalue weighted by Gasteiger charge is -2.19. The molecule has 0 unspecified atom stereocenters. The number of fused-ring (bicyclic) bond motifs is 1. The third-order valence-electron chi connectivity index (χ3n) is 6.26. The topological polar surface area (TPSA) is 133 Å². The van der Waals surface area contributed by atoms with Crippen molar-refractivity contribution in [1.29, 1.82) is 0 Å². The quantitative estimate of drug-likeness (QED) is 0.312. The predicted octanol–water partition coefficient (Wildman–Crippen LogP) is 4.86. The molecule has 4 amide bonds. The minimum atomic E-state index is -0.585. The van der Waals surface area contributed by atoms with E-state index >= 15 is 0 Å². The SMILES string of the molecule is CCOc1cc(/C=C2\SC(=O)N(CC(=O)Nc3ccc4c(c3)OCCO4)C2=O)ccc1OCC(=O)Nc1ccc(C)cc1. The molecule has 0 saturated carbocycles. The van der Waals surface area contributed by atoms with Gasteiger partial charge in [0.2, 0.25) is 5.91 Å². The van der Waals surface area contributed by atoms with Gasteiger partial charge >= 0.3 is 0 Å². The summed E-state index contributed by atoms with van der Waals surface area (Å²) in [5.41, 5.74) is 2.77. The molecule has 0 aliphatic carbocycles. The highest BCUT2D eigenvalue weighted by molar-refractivity contribution is 8.18. The fraction of sp³-hybridized carbons (Fsp3) is 0.226. The van der Waals surface area contributed by atoms with E-state index in [2.05, 4.69) is 10.6 Å². The maximum absolute atomic E-state index is 13.0. The number of rotatable bonds is 10. The summed E-state index contributed by atoms with van der Waals surface area (Å²) in [6, 6.07) is 17.3. The molecule has 43 heavy (non-hydrogen) atoms.